The normalized spacial score (nSPS) is 11.7. The van der Waals surface area contributed by atoms with Gasteiger partial charge >= 0.3 is 0 Å². The molecule has 1 unspecified atom stereocenters. The zero-order valence-electron chi connectivity index (χ0n) is 15.4. The molecular weight excluding hydrogens is 396 g/mol. The van der Waals surface area contributed by atoms with Crippen LogP contribution in [0.2, 0.25) is 5.02 Å². The summed E-state index contributed by atoms with van der Waals surface area (Å²) < 4.78 is 5.07. The third kappa shape index (κ3) is 5.18. The number of anilines is 2. The maximum atomic E-state index is 12.5. The van der Waals surface area contributed by atoms with Crippen molar-refractivity contribution in [3.63, 3.8) is 0 Å². The number of aryl methyl sites for hydroxylation is 1. The number of nitrogens with one attached hydrogen (secondary N) is 2. The first kappa shape index (κ1) is 20.0. The number of amides is 2. The Morgan fingerprint density at radius 2 is 1.82 bits per heavy atom. The van der Waals surface area contributed by atoms with E-state index in [9.17, 15) is 9.59 Å². The zero-order chi connectivity index (χ0) is 20.1. The second kappa shape index (κ2) is 8.99. The van der Waals surface area contributed by atoms with Crippen LogP contribution in [0.25, 0.3) is 0 Å². The predicted octanol–water partition coefficient (Wildman–Crippen LogP) is 5.61. The highest BCUT2D eigenvalue weighted by atomic mass is 35.5. The first-order chi connectivity index (χ1) is 13.4. The van der Waals surface area contributed by atoms with E-state index in [4.69, 9.17) is 16.0 Å². The molecular formula is C21H19ClN2O3S. The van der Waals surface area contributed by atoms with Crippen LogP contribution < -0.4 is 10.6 Å². The molecule has 1 heterocycles. The van der Waals surface area contributed by atoms with Crippen LogP contribution >= 0.6 is 23.4 Å². The Morgan fingerprint density at radius 1 is 1.07 bits per heavy atom. The fourth-order valence-corrected chi connectivity index (χ4v) is 3.48. The van der Waals surface area contributed by atoms with Gasteiger partial charge in [0.15, 0.2) is 5.76 Å². The molecule has 1 atom stereocenters. The van der Waals surface area contributed by atoms with Crippen LogP contribution in [0.15, 0.2) is 70.2 Å². The molecule has 1 aromatic heterocycles. The molecule has 0 aliphatic carbocycles. The van der Waals surface area contributed by atoms with Crippen molar-refractivity contribution in [2.45, 2.75) is 24.0 Å². The number of hydrogen-bond acceptors (Lipinski definition) is 4. The topological polar surface area (TPSA) is 71.3 Å². The van der Waals surface area contributed by atoms with E-state index in [1.54, 1.807) is 36.4 Å². The summed E-state index contributed by atoms with van der Waals surface area (Å²) in [5, 5.41) is 5.94. The number of hydrogen-bond donors (Lipinski definition) is 2. The average Bonchev–Trinajstić information content (AvgIpc) is 3.21. The molecule has 3 aromatic rings. The standard InChI is InChI=1S/C21H19ClN2O3S/c1-13-5-6-15(22)12-18(13)24-20(25)14(2)28-17-9-7-16(8-10-17)23-21(26)19-4-3-11-27-19/h3-12,14H,1-2H3,(H,23,26)(H,24,25). The van der Waals surface area contributed by atoms with Crippen molar-refractivity contribution in [2.75, 3.05) is 10.6 Å². The molecule has 0 aliphatic rings. The molecule has 144 valence electrons. The van der Waals surface area contributed by atoms with E-state index in [-0.39, 0.29) is 22.8 Å². The van der Waals surface area contributed by atoms with Gasteiger partial charge in [0.25, 0.3) is 5.91 Å². The Morgan fingerprint density at radius 3 is 2.50 bits per heavy atom. The third-order valence-corrected chi connectivity index (χ3v) is 5.34. The largest absolute Gasteiger partial charge is 0.459 e. The van der Waals surface area contributed by atoms with Gasteiger partial charge in [0, 0.05) is 21.3 Å². The summed E-state index contributed by atoms with van der Waals surface area (Å²) in [5.41, 5.74) is 2.31. The smallest absolute Gasteiger partial charge is 0.291 e. The number of furan rings is 1. The summed E-state index contributed by atoms with van der Waals surface area (Å²) in [6.45, 7) is 3.76. The Bertz CT molecular complexity index is 972. The van der Waals surface area contributed by atoms with Gasteiger partial charge in [0.2, 0.25) is 5.91 Å². The highest BCUT2D eigenvalue weighted by Gasteiger charge is 2.16. The molecule has 0 spiro atoms. The fraction of sp³-hybridized carbons (Fsp3) is 0.143. The molecule has 28 heavy (non-hydrogen) atoms. The van der Waals surface area contributed by atoms with Crippen molar-refractivity contribution in [1.29, 1.82) is 0 Å². The van der Waals surface area contributed by atoms with E-state index in [0.717, 1.165) is 10.5 Å². The number of benzene rings is 2. The van der Waals surface area contributed by atoms with Crippen LogP contribution in [-0.4, -0.2) is 17.1 Å². The molecule has 2 aromatic carbocycles. The van der Waals surface area contributed by atoms with E-state index in [1.165, 1.54) is 18.0 Å². The summed E-state index contributed by atoms with van der Waals surface area (Å²) in [7, 11) is 0. The Hall–Kier alpha value is -2.70. The lowest BCUT2D eigenvalue weighted by atomic mass is 10.2. The number of rotatable bonds is 6. The molecule has 0 bridgehead atoms. The van der Waals surface area contributed by atoms with Crippen molar-refractivity contribution in [1.82, 2.24) is 0 Å². The van der Waals surface area contributed by atoms with Gasteiger partial charge in [0.05, 0.1) is 11.5 Å². The van der Waals surface area contributed by atoms with Gasteiger partial charge in [-0.25, -0.2) is 0 Å². The number of carbonyl (C=O) groups excluding carboxylic acids is 2. The van der Waals surface area contributed by atoms with Crippen LogP contribution in [-0.2, 0) is 4.79 Å². The van der Waals surface area contributed by atoms with E-state index in [2.05, 4.69) is 10.6 Å². The van der Waals surface area contributed by atoms with Gasteiger partial charge in [-0.3, -0.25) is 9.59 Å². The zero-order valence-corrected chi connectivity index (χ0v) is 16.9. The van der Waals surface area contributed by atoms with Crippen molar-refractivity contribution in [3.05, 3.63) is 77.2 Å². The predicted molar refractivity (Wildman–Crippen MR) is 113 cm³/mol. The van der Waals surface area contributed by atoms with Gasteiger partial charge < -0.3 is 15.1 Å². The molecule has 2 N–H and O–H groups in total. The molecule has 5 nitrogen and oxygen atoms in total. The lowest BCUT2D eigenvalue weighted by Crippen LogP contribution is -2.22. The molecule has 2 amide bonds. The lowest BCUT2D eigenvalue weighted by Gasteiger charge is -2.14. The third-order valence-electron chi connectivity index (χ3n) is 4.00. The lowest BCUT2D eigenvalue weighted by molar-refractivity contribution is -0.115. The second-order valence-corrected chi connectivity index (χ2v) is 8.02. The van der Waals surface area contributed by atoms with E-state index in [0.29, 0.717) is 16.4 Å². The van der Waals surface area contributed by atoms with Crippen LogP contribution in [0.1, 0.15) is 23.0 Å². The average molecular weight is 415 g/mol. The minimum absolute atomic E-state index is 0.106. The van der Waals surface area contributed by atoms with Gasteiger partial charge in [-0.15, -0.1) is 11.8 Å². The Kier molecular flexibility index (Phi) is 6.44. The number of halogens is 1. The van der Waals surface area contributed by atoms with Crippen LogP contribution in [0.4, 0.5) is 11.4 Å². The summed E-state index contributed by atoms with van der Waals surface area (Å²) in [4.78, 5) is 25.4. The Labute approximate surface area is 172 Å². The number of thioether (sulfide) groups is 1. The SMILES string of the molecule is Cc1ccc(Cl)cc1NC(=O)C(C)Sc1ccc(NC(=O)c2ccco2)cc1. The quantitative estimate of drug-likeness (QED) is 0.514. The maximum Gasteiger partial charge on any atom is 0.291 e. The summed E-state index contributed by atoms with van der Waals surface area (Å²) in [6, 6.07) is 15.9. The van der Waals surface area contributed by atoms with Crippen molar-refractivity contribution >= 4 is 46.6 Å². The van der Waals surface area contributed by atoms with Gasteiger partial charge in [-0.05, 0) is 67.9 Å². The monoisotopic (exact) mass is 414 g/mol. The first-order valence-electron chi connectivity index (χ1n) is 8.61. The maximum absolute atomic E-state index is 12.5. The Balaban J connectivity index is 1.57. The van der Waals surface area contributed by atoms with Crippen LogP contribution in [0, 0.1) is 6.92 Å². The summed E-state index contributed by atoms with van der Waals surface area (Å²) >= 11 is 7.43. The molecule has 0 radical (unpaired) electrons. The number of carbonyl (C=O) groups is 2. The highest BCUT2D eigenvalue weighted by Crippen LogP contribution is 2.27. The second-order valence-electron chi connectivity index (χ2n) is 6.16. The minimum atomic E-state index is -0.310. The van der Waals surface area contributed by atoms with Crippen molar-refractivity contribution in [2.24, 2.45) is 0 Å². The van der Waals surface area contributed by atoms with E-state index < -0.39 is 0 Å². The van der Waals surface area contributed by atoms with Crippen LogP contribution in [0.3, 0.4) is 0 Å². The van der Waals surface area contributed by atoms with Crippen molar-refractivity contribution < 1.29 is 14.0 Å². The van der Waals surface area contributed by atoms with E-state index in [1.807, 2.05) is 32.0 Å². The summed E-state index contributed by atoms with van der Waals surface area (Å²) in [6.07, 6.45) is 1.45. The van der Waals surface area contributed by atoms with Gasteiger partial charge in [-0.1, -0.05) is 17.7 Å². The molecule has 0 saturated heterocycles. The first-order valence-corrected chi connectivity index (χ1v) is 9.87. The van der Waals surface area contributed by atoms with Crippen LogP contribution in [0.5, 0.6) is 0 Å². The molecule has 0 fully saturated rings. The van der Waals surface area contributed by atoms with Crippen molar-refractivity contribution in [3.8, 4) is 0 Å². The highest BCUT2D eigenvalue weighted by molar-refractivity contribution is 8.00. The van der Waals surface area contributed by atoms with Gasteiger partial charge in [0.1, 0.15) is 0 Å². The fourth-order valence-electron chi connectivity index (χ4n) is 2.44. The van der Waals surface area contributed by atoms with E-state index >= 15 is 0 Å². The minimum Gasteiger partial charge on any atom is -0.459 e. The molecule has 7 heteroatoms. The molecule has 3 rings (SSSR count). The molecule has 0 saturated carbocycles. The molecule has 0 aliphatic heterocycles. The van der Waals surface area contributed by atoms with Gasteiger partial charge in [-0.2, -0.15) is 0 Å². The summed E-state index contributed by atoms with van der Waals surface area (Å²) in [5.74, 6) is -0.166.